The first kappa shape index (κ1) is 13.4. The van der Waals surface area contributed by atoms with Crippen LogP contribution in [0.4, 0.5) is 10.1 Å². The van der Waals surface area contributed by atoms with Crippen LogP contribution in [0.2, 0.25) is 5.02 Å². The Hall–Kier alpha value is -1.06. The molecule has 2 rings (SSSR count). The van der Waals surface area contributed by atoms with Crippen molar-refractivity contribution in [1.82, 2.24) is 0 Å². The lowest BCUT2D eigenvalue weighted by Crippen LogP contribution is -2.00. The summed E-state index contributed by atoms with van der Waals surface area (Å²) >= 11 is 9.28. The van der Waals surface area contributed by atoms with Gasteiger partial charge in [-0.3, -0.25) is 0 Å². The summed E-state index contributed by atoms with van der Waals surface area (Å²) in [5.74, 6) is -0.315. The summed E-state index contributed by atoms with van der Waals surface area (Å²) in [6.07, 6.45) is 0. The van der Waals surface area contributed by atoms with Gasteiger partial charge in [-0.2, -0.15) is 0 Å². The van der Waals surface area contributed by atoms with Crippen molar-refractivity contribution in [2.45, 2.75) is 13.5 Å². The van der Waals surface area contributed by atoms with Crippen LogP contribution in [-0.2, 0) is 6.54 Å². The molecule has 18 heavy (non-hydrogen) atoms. The highest BCUT2D eigenvalue weighted by Crippen LogP contribution is 2.21. The average molecular weight is 329 g/mol. The van der Waals surface area contributed by atoms with Crippen LogP contribution in [0.15, 0.2) is 40.9 Å². The minimum atomic E-state index is -0.315. The minimum Gasteiger partial charge on any atom is -0.381 e. The second kappa shape index (κ2) is 5.72. The molecule has 2 aromatic carbocycles. The van der Waals surface area contributed by atoms with Crippen LogP contribution in [0, 0.1) is 12.7 Å². The first-order chi connectivity index (χ1) is 8.54. The minimum absolute atomic E-state index is 0.315. The summed E-state index contributed by atoms with van der Waals surface area (Å²) in [6.45, 7) is 2.56. The smallest absolute Gasteiger partial charge is 0.125 e. The maximum absolute atomic E-state index is 13.2. The van der Waals surface area contributed by atoms with Crippen LogP contribution in [0.3, 0.4) is 0 Å². The molecule has 0 unspecified atom stereocenters. The monoisotopic (exact) mass is 327 g/mol. The van der Waals surface area contributed by atoms with Gasteiger partial charge < -0.3 is 5.32 Å². The number of aryl methyl sites for hydroxylation is 1. The van der Waals surface area contributed by atoms with Crippen LogP contribution >= 0.6 is 27.5 Å². The van der Waals surface area contributed by atoms with Gasteiger partial charge in [0.1, 0.15) is 5.82 Å². The molecule has 0 heterocycles. The molecule has 4 heteroatoms. The largest absolute Gasteiger partial charge is 0.381 e. The molecule has 0 atom stereocenters. The fraction of sp³-hybridized carbons (Fsp3) is 0.143. The quantitative estimate of drug-likeness (QED) is 0.820. The molecule has 0 aliphatic carbocycles. The van der Waals surface area contributed by atoms with Gasteiger partial charge in [0, 0.05) is 21.7 Å². The fourth-order valence-electron chi connectivity index (χ4n) is 1.62. The van der Waals surface area contributed by atoms with Gasteiger partial charge in [-0.25, -0.2) is 4.39 Å². The molecule has 94 valence electrons. The number of benzene rings is 2. The predicted octanol–water partition coefficient (Wildman–Crippen LogP) is 5.16. The van der Waals surface area contributed by atoms with Crippen molar-refractivity contribution in [3.8, 4) is 0 Å². The summed E-state index contributed by atoms with van der Waals surface area (Å²) in [7, 11) is 0. The van der Waals surface area contributed by atoms with E-state index in [0.717, 1.165) is 15.7 Å². The Morgan fingerprint density at radius 3 is 2.67 bits per heavy atom. The normalized spacial score (nSPS) is 10.4. The SMILES string of the molecule is Cc1ccc(NCc2cc(F)cc(Cl)c2)cc1Br. The first-order valence-electron chi connectivity index (χ1n) is 5.49. The zero-order chi connectivity index (χ0) is 13.1. The summed E-state index contributed by atoms with van der Waals surface area (Å²) < 4.78 is 14.2. The zero-order valence-corrected chi connectivity index (χ0v) is 12.1. The van der Waals surface area contributed by atoms with E-state index in [1.165, 1.54) is 17.7 Å². The Bertz CT molecular complexity index is 551. The van der Waals surface area contributed by atoms with E-state index < -0.39 is 0 Å². The highest BCUT2D eigenvalue weighted by molar-refractivity contribution is 9.10. The molecule has 0 spiro atoms. The fourth-order valence-corrected chi connectivity index (χ4v) is 2.24. The third-order valence-electron chi connectivity index (χ3n) is 2.59. The van der Waals surface area contributed by atoms with Gasteiger partial charge in [0.25, 0.3) is 0 Å². The number of nitrogens with one attached hydrogen (secondary N) is 1. The Morgan fingerprint density at radius 2 is 2.00 bits per heavy atom. The maximum Gasteiger partial charge on any atom is 0.125 e. The van der Waals surface area contributed by atoms with Crippen molar-refractivity contribution in [1.29, 1.82) is 0 Å². The van der Waals surface area contributed by atoms with E-state index in [0.29, 0.717) is 11.6 Å². The van der Waals surface area contributed by atoms with Gasteiger partial charge in [-0.1, -0.05) is 33.6 Å². The molecule has 0 saturated heterocycles. The van der Waals surface area contributed by atoms with Gasteiger partial charge in [0.15, 0.2) is 0 Å². The zero-order valence-electron chi connectivity index (χ0n) is 9.81. The maximum atomic E-state index is 13.2. The summed E-state index contributed by atoms with van der Waals surface area (Å²) in [6, 6.07) is 10.5. The van der Waals surface area contributed by atoms with E-state index in [4.69, 9.17) is 11.6 Å². The van der Waals surface area contributed by atoms with Crippen LogP contribution in [0.5, 0.6) is 0 Å². The molecular formula is C14H12BrClFN. The standard InChI is InChI=1S/C14H12BrClFN/c1-9-2-3-13(7-14(9)15)18-8-10-4-11(16)6-12(17)5-10/h2-7,18H,8H2,1H3. The molecule has 1 N–H and O–H groups in total. The predicted molar refractivity (Wildman–Crippen MR) is 77.6 cm³/mol. The highest BCUT2D eigenvalue weighted by Gasteiger charge is 2.01. The van der Waals surface area contributed by atoms with E-state index in [9.17, 15) is 4.39 Å². The van der Waals surface area contributed by atoms with Crippen molar-refractivity contribution >= 4 is 33.2 Å². The Labute approximate surface area is 119 Å². The highest BCUT2D eigenvalue weighted by atomic mass is 79.9. The van der Waals surface area contributed by atoms with E-state index >= 15 is 0 Å². The van der Waals surface area contributed by atoms with Gasteiger partial charge in [-0.05, 0) is 48.4 Å². The van der Waals surface area contributed by atoms with Crippen LogP contribution in [0.1, 0.15) is 11.1 Å². The second-order valence-electron chi connectivity index (χ2n) is 4.10. The molecule has 0 aliphatic rings. The van der Waals surface area contributed by atoms with E-state index in [1.54, 1.807) is 6.07 Å². The number of hydrogen-bond donors (Lipinski definition) is 1. The molecule has 1 nitrogen and oxygen atoms in total. The van der Waals surface area contributed by atoms with Crippen molar-refractivity contribution in [2.75, 3.05) is 5.32 Å². The van der Waals surface area contributed by atoms with E-state index in [-0.39, 0.29) is 5.82 Å². The van der Waals surface area contributed by atoms with Crippen LogP contribution in [-0.4, -0.2) is 0 Å². The molecule has 0 amide bonds. The molecular weight excluding hydrogens is 317 g/mol. The van der Waals surface area contributed by atoms with Crippen molar-refractivity contribution in [2.24, 2.45) is 0 Å². The third kappa shape index (κ3) is 3.47. The second-order valence-corrected chi connectivity index (χ2v) is 5.39. The van der Waals surface area contributed by atoms with Crippen molar-refractivity contribution in [3.05, 3.63) is 62.8 Å². The Balaban J connectivity index is 2.08. The molecule has 0 aliphatic heterocycles. The van der Waals surface area contributed by atoms with Gasteiger partial charge in [0.05, 0.1) is 0 Å². The molecule has 0 aromatic heterocycles. The number of rotatable bonds is 3. The van der Waals surface area contributed by atoms with Crippen molar-refractivity contribution in [3.63, 3.8) is 0 Å². The summed E-state index contributed by atoms with van der Waals surface area (Å²) in [4.78, 5) is 0. The number of anilines is 1. The van der Waals surface area contributed by atoms with Crippen LogP contribution < -0.4 is 5.32 Å². The molecule has 2 aromatic rings. The van der Waals surface area contributed by atoms with E-state index in [2.05, 4.69) is 21.2 Å². The van der Waals surface area contributed by atoms with Gasteiger partial charge in [-0.15, -0.1) is 0 Å². The average Bonchev–Trinajstić information content (AvgIpc) is 2.29. The van der Waals surface area contributed by atoms with Crippen molar-refractivity contribution < 1.29 is 4.39 Å². The topological polar surface area (TPSA) is 12.0 Å². The molecule has 0 saturated carbocycles. The lowest BCUT2D eigenvalue weighted by atomic mass is 10.2. The number of hydrogen-bond acceptors (Lipinski definition) is 1. The van der Waals surface area contributed by atoms with Gasteiger partial charge >= 0.3 is 0 Å². The molecule has 0 fully saturated rings. The summed E-state index contributed by atoms with van der Waals surface area (Å²) in [5.41, 5.74) is 2.97. The molecule has 0 bridgehead atoms. The lowest BCUT2D eigenvalue weighted by molar-refractivity contribution is 0.626. The van der Waals surface area contributed by atoms with Gasteiger partial charge in [0.2, 0.25) is 0 Å². The Morgan fingerprint density at radius 1 is 1.22 bits per heavy atom. The number of halogens is 3. The lowest BCUT2D eigenvalue weighted by Gasteiger charge is -2.08. The first-order valence-corrected chi connectivity index (χ1v) is 6.67. The molecule has 0 radical (unpaired) electrons. The third-order valence-corrected chi connectivity index (χ3v) is 3.66. The summed E-state index contributed by atoms with van der Waals surface area (Å²) in [5, 5.41) is 3.64. The Kier molecular flexibility index (Phi) is 4.25. The van der Waals surface area contributed by atoms with Crippen LogP contribution in [0.25, 0.3) is 0 Å². The van der Waals surface area contributed by atoms with E-state index in [1.807, 2.05) is 25.1 Å².